The second-order valence-electron chi connectivity index (χ2n) is 8.10. The minimum Gasteiger partial charge on any atom is -0.493 e. The molecule has 0 aliphatic rings. The Balaban J connectivity index is 1.47. The summed E-state index contributed by atoms with van der Waals surface area (Å²) < 4.78 is 8.12. The lowest BCUT2D eigenvalue weighted by Crippen LogP contribution is -2.04. The molecule has 0 unspecified atom stereocenters. The number of rotatable bonds is 8. The molecule has 1 heterocycles. The van der Waals surface area contributed by atoms with Crippen LogP contribution in [0.5, 0.6) is 5.75 Å². The van der Waals surface area contributed by atoms with Crippen molar-refractivity contribution in [3.8, 4) is 22.7 Å². The van der Waals surface area contributed by atoms with E-state index < -0.39 is 0 Å². The number of ether oxygens (including phenoxy) is 1. The highest BCUT2D eigenvalue weighted by atomic mass is 35.5. The van der Waals surface area contributed by atoms with Crippen molar-refractivity contribution in [3.05, 3.63) is 101 Å². The maximum atomic E-state index is 5.94. The van der Waals surface area contributed by atoms with E-state index in [-0.39, 0.29) is 0 Å². The number of aromatic nitrogens is 2. The van der Waals surface area contributed by atoms with Crippen LogP contribution in [0.25, 0.3) is 16.9 Å². The van der Waals surface area contributed by atoms with Crippen molar-refractivity contribution in [1.82, 2.24) is 9.55 Å². The number of hydrogen-bond donors (Lipinski definition) is 0. The van der Waals surface area contributed by atoms with Crippen LogP contribution in [0.3, 0.4) is 0 Å². The Labute approximate surface area is 189 Å². The van der Waals surface area contributed by atoms with Gasteiger partial charge in [-0.15, -0.1) is 0 Å². The Hall–Kier alpha value is -3.04. The minimum atomic E-state index is 0.536. The lowest BCUT2D eigenvalue weighted by Gasteiger charge is -2.09. The molecule has 0 aliphatic heterocycles. The quantitative estimate of drug-likeness (QED) is 0.300. The molecule has 0 atom stereocenters. The molecule has 31 heavy (non-hydrogen) atoms. The molecule has 0 aliphatic carbocycles. The third-order valence-corrected chi connectivity index (χ3v) is 5.38. The van der Waals surface area contributed by atoms with E-state index in [4.69, 9.17) is 21.3 Å². The van der Waals surface area contributed by atoms with Gasteiger partial charge in [-0.25, -0.2) is 4.98 Å². The fraction of sp³-hybridized carbons (Fsp3) is 0.222. The van der Waals surface area contributed by atoms with Crippen molar-refractivity contribution < 1.29 is 4.74 Å². The van der Waals surface area contributed by atoms with Crippen LogP contribution in [0.1, 0.15) is 25.2 Å². The SMILES string of the molecule is CC(C)Cc1nc(-c2ccc(OCCc3ccc(Cl)cc3)cc2)cn1-c1ccccc1. The molecule has 158 valence electrons. The van der Waals surface area contributed by atoms with Crippen molar-refractivity contribution in [2.24, 2.45) is 5.92 Å². The average molecular weight is 431 g/mol. The molecule has 4 heteroatoms. The van der Waals surface area contributed by atoms with Crippen molar-refractivity contribution >= 4 is 11.6 Å². The number of hydrogen-bond acceptors (Lipinski definition) is 2. The Bertz CT molecular complexity index is 1100. The normalized spacial score (nSPS) is 11.1. The molecule has 0 saturated carbocycles. The first-order chi connectivity index (χ1) is 15.1. The molecule has 0 amide bonds. The minimum absolute atomic E-state index is 0.536. The average Bonchev–Trinajstić information content (AvgIpc) is 3.19. The first-order valence-corrected chi connectivity index (χ1v) is 11.1. The second-order valence-corrected chi connectivity index (χ2v) is 8.53. The summed E-state index contributed by atoms with van der Waals surface area (Å²) in [5.41, 5.74) is 4.42. The largest absolute Gasteiger partial charge is 0.493 e. The van der Waals surface area contributed by atoms with Crippen LogP contribution < -0.4 is 4.74 Å². The van der Waals surface area contributed by atoms with Crippen LogP contribution in [0, 0.1) is 5.92 Å². The third-order valence-electron chi connectivity index (χ3n) is 5.13. The van der Waals surface area contributed by atoms with Gasteiger partial charge in [0.1, 0.15) is 11.6 Å². The first kappa shape index (κ1) is 21.2. The zero-order valence-corrected chi connectivity index (χ0v) is 18.7. The van der Waals surface area contributed by atoms with Gasteiger partial charge in [0, 0.05) is 35.3 Å². The van der Waals surface area contributed by atoms with E-state index in [2.05, 4.69) is 61.0 Å². The lowest BCUT2D eigenvalue weighted by atomic mass is 10.1. The number of halogens is 1. The van der Waals surface area contributed by atoms with Crippen LogP contribution in [0.2, 0.25) is 5.02 Å². The lowest BCUT2D eigenvalue weighted by molar-refractivity contribution is 0.322. The third kappa shape index (κ3) is 5.56. The first-order valence-electron chi connectivity index (χ1n) is 10.7. The van der Waals surface area contributed by atoms with E-state index in [1.54, 1.807) is 0 Å². The van der Waals surface area contributed by atoms with E-state index in [1.807, 2.05) is 42.5 Å². The van der Waals surface area contributed by atoms with Crippen molar-refractivity contribution in [3.63, 3.8) is 0 Å². The standard InChI is InChI=1S/C27H27ClN2O/c1-20(2)18-27-29-26(19-30(27)24-6-4-3-5-7-24)22-10-14-25(15-11-22)31-17-16-21-8-12-23(28)13-9-21/h3-15,19-20H,16-18H2,1-2H3. The summed E-state index contributed by atoms with van der Waals surface area (Å²) in [6.07, 6.45) is 3.91. The molecule has 0 radical (unpaired) electrons. The van der Waals surface area contributed by atoms with E-state index in [1.165, 1.54) is 5.56 Å². The summed E-state index contributed by atoms with van der Waals surface area (Å²) in [6.45, 7) is 5.07. The number of para-hydroxylation sites is 1. The summed E-state index contributed by atoms with van der Waals surface area (Å²) in [4.78, 5) is 4.95. The van der Waals surface area contributed by atoms with E-state index >= 15 is 0 Å². The molecule has 0 spiro atoms. The summed E-state index contributed by atoms with van der Waals surface area (Å²) in [6, 6.07) is 26.5. The van der Waals surface area contributed by atoms with Gasteiger partial charge in [0.25, 0.3) is 0 Å². The Morgan fingerprint density at radius 2 is 1.61 bits per heavy atom. The predicted molar refractivity (Wildman–Crippen MR) is 128 cm³/mol. The smallest absolute Gasteiger partial charge is 0.119 e. The molecular formula is C27H27ClN2O. The van der Waals surface area contributed by atoms with E-state index in [0.29, 0.717) is 12.5 Å². The van der Waals surface area contributed by atoms with Gasteiger partial charge in [-0.05, 0) is 60.0 Å². The molecule has 3 aromatic carbocycles. The summed E-state index contributed by atoms with van der Waals surface area (Å²) in [7, 11) is 0. The highest BCUT2D eigenvalue weighted by Crippen LogP contribution is 2.25. The highest BCUT2D eigenvalue weighted by Gasteiger charge is 2.12. The number of benzene rings is 3. The van der Waals surface area contributed by atoms with Crippen LogP contribution in [0.15, 0.2) is 85.1 Å². The van der Waals surface area contributed by atoms with E-state index in [0.717, 1.165) is 46.4 Å². The van der Waals surface area contributed by atoms with Gasteiger partial charge in [0.05, 0.1) is 12.3 Å². The summed E-state index contributed by atoms with van der Waals surface area (Å²) in [5, 5.41) is 0.756. The topological polar surface area (TPSA) is 27.1 Å². The van der Waals surface area contributed by atoms with Crippen LogP contribution in [-0.2, 0) is 12.8 Å². The Morgan fingerprint density at radius 1 is 0.903 bits per heavy atom. The fourth-order valence-electron chi connectivity index (χ4n) is 3.54. The molecule has 0 fully saturated rings. The monoisotopic (exact) mass is 430 g/mol. The van der Waals surface area contributed by atoms with Crippen molar-refractivity contribution in [2.45, 2.75) is 26.7 Å². The van der Waals surface area contributed by atoms with Crippen LogP contribution in [0.4, 0.5) is 0 Å². The molecular weight excluding hydrogens is 404 g/mol. The predicted octanol–water partition coefficient (Wildman–Crippen LogP) is 7.01. The van der Waals surface area contributed by atoms with Gasteiger partial charge >= 0.3 is 0 Å². The number of imidazole rings is 1. The van der Waals surface area contributed by atoms with Gasteiger partial charge in [-0.1, -0.05) is 55.8 Å². The van der Waals surface area contributed by atoms with Gasteiger partial charge in [0.2, 0.25) is 0 Å². The fourth-order valence-corrected chi connectivity index (χ4v) is 3.66. The summed E-state index contributed by atoms with van der Waals surface area (Å²) >= 11 is 5.94. The maximum Gasteiger partial charge on any atom is 0.119 e. The number of nitrogens with zero attached hydrogens (tertiary/aromatic N) is 2. The zero-order chi connectivity index (χ0) is 21.6. The molecule has 0 bridgehead atoms. The summed E-state index contributed by atoms with van der Waals surface area (Å²) in [5.74, 6) is 2.48. The van der Waals surface area contributed by atoms with E-state index in [9.17, 15) is 0 Å². The van der Waals surface area contributed by atoms with Gasteiger partial charge in [-0.2, -0.15) is 0 Å². The van der Waals surface area contributed by atoms with Gasteiger partial charge < -0.3 is 9.30 Å². The van der Waals surface area contributed by atoms with Gasteiger partial charge in [0.15, 0.2) is 0 Å². The Kier molecular flexibility index (Phi) is 6.73. The molecule has 4 aromatic rings. The second kappa shape index (κ2) is 9.84. The zero-order valence-electron chi connectivity index (χ0n) is 18.0. The molecule has 4 rings (SSSR count). The van der Waals surface area contributed by atoms with Crippen molar-refractivity contribution in [2.75, 3.05) is 6.61 Å². The van der Waals surface area contributed by atoms with Crippen LogP contribution in [-0.4, -0.2) is 16.2 Å². The van der Waals surface area contributed by atoms with Crippen LogP contribution >= 0.6 is 11.6 Å². The molecule has 0 N–H and O–H groups in total. The van der Waals surface area contributed by atoms with Gasteiger partial charge in [-0.3, -0.25) is 0 Å². The van der Waals surface area contributed by atoms with Crippen molar-refractivity contribution in [1.29, 1.82) is 0 Å². The highest BCUT2D eigenvalue weighted by molar-refractivity contribution is 6.30. The molecule has 0 saturated heterocycles. The Morgan fingerprint density at radius 3 is 2.29 bits per heavy atom. The molecule has 3 nitrogen and oxygen atoms in total. The maximum absolute atomic E-state index is 5.94. The molecule has 1 aromatic heterocycles.